The molecule has 0 unspecified atom stereocenters. The SMILES string of the molecule is CCOC(=O)c1ccc(-n2cccc2/C=C\C(N)=O)cc1. The summed E-state index contributed by atoms with van der Waals surface area (Å²) in [6, 6.07) is 10.8. The molecule has 1 amide bonds. The van der Waals surface area contributed by atoms with Gasteiger partial charge in [-0.2, -0.15) is 0 Å². The zero-order chi connectivity index (χ0) is 15.2. The van der Waals surface area contributed by atoms with Gasteiger partial charge in [0.1, 0.15) is 0 Å². The number of carbonyl (C=O) groups excluding carboxylic acids is 2. The van der Waals surface area contributed by atoms with Gasteiger partial charge >= 0.3 is 5.97 Å². The number of carbonyl (C=O) groups is 2. The van der Waals surface area contributed by atoms with E-state index >= 15 is 0 Å². The third-order valence-electron chi connectivity index (χ3n) is 2.86. The smallest absolute Gasteiger partial charge is 0.338 e. The van der Waals surface area contributed by atoms with Crippen LogP contribution in [-0.2, 0) is 9.53 Å². The number of ether oxygens (including phenoxy) is 1. The van der Waals surface area contributed by atoms with Gasteiger partial charge in [-0.3, -0.25) is 4.79 Å². The Kier molecular flexibility index (Phi) is 4.56. The Morgan fingerprint density at radius 3 is 2.57 bits per heavy atom. The molecular weight excluding hydrogens is 268 g/mol. The Balaban J connectivity index is 2.25. The van der Waals surface area contributed by atoms with E-state index in [1.807, 2.05) is 35.0 Å². The van der Waals surface area contributed by atoms with E-state index in [0.29, 0.717) is 12.2 Å². The minimum absolute atomic E-state index is 0.342. The van der Waals surface area contributed by atoms with E-state index in [1.165, 1.54) is 6.08 Å². The molecule has 21 heavy (non-hydrogen) atoms. The second-order valence-corrected chi connectivity index (χ2v) is 4.31. The molecule has 108 valence electrons. The van der Waals surface area contributed by atoms with Crippen LogP contribution in [0.5, 0.6) is 0 Å². The van der Waals surface area contributed by atoms with Gasteiger partial charge in [-0.1, -0.05) is 0 Å². The predicted molar refractivity (Wildman–Crippen MR) is 80.0 cm³/mol. The molecule has 0 saturated heterocycles. The van der Waals surface area contributed by atoms with E-state index < -0.39 is 5.91 Å². The van der Waals surface area contributed by atoms with E-state index in [-0.39, 0.29) is 5.97 Å². The van der Waals surface area contributed by atoms with Crippen LogP contribution in [0.25, 0.3) is 11.8 Å². The summed E-state index contributed by atoms with van der Waals surface area (Å²) in [6.07, 6.45) is 4.81. The predicted octanol–water partition coefficient (Wildman–Crippen LogP) is 2.15. The van der Waals surface area contributed by atoms with Crippen molar-refractivity contribution < 1.29 is 14.3 Å². The van der Waals surface area contributed by atoms with Crippen molar-refractivity contribution in [1.29, 1.82) is 0 Å². The molecule has 0 radical (unpaired) electrons. The average Bonchev–Trinajstić information content (AvgIpc) is 2.94. The van der Waals surface area contributed by atoms with Crippen molar-refractivity contribution in [2.45, 2.75) is 6.92 Å². The van der Waals surface area contributed by atoms with Gasteiger partial charge in [-0.15, -0.1) is 0 Å². The van der Waals surface area contributed by atoms with Crippen molar-refractivity contribution in [2.75, 3.05) is 6.61 Å². The fourth-order valence-corrected chi connectivity index (χ4v) is 1.91. The molecule has 0 atom stereocenters. The highest BCUT2D eigenvalue weighted by molar-refractivity contribution is 5.90. The lowest BCUT2D eigenvalue weighted by atomic mass is 10.2. The first-order valence-electron chi connectivity index (χ1n) is 6.54. The fraction of sp³-hybridized carbons (Fsp3) is 0.125. The molecule has 2 rings (SSSR count). The normalized spacial score (nSPS) is 10.7. The molecular formula is C16H16N2O3. The number of aromatic nitrogens is 1. The molecule has 1 heterocycles. The van der Waals surface area contributed by atoms with Gasteiger partial charge in [-0.25, -0.2) is 4.79 Å². The monoisotopic (exact) mass is 284 g/mol. The highest BCUT2D eigenvalue weighted by atomic mass is 16.5. The van der Waals surface area contributed by atoms with Crippen LogP contribution in [-0.4, -0.2) is 23.1 Å². The standard InChI is InChI=1S/C16H16N2O3/c1-2-21-16(20)12-5-7-14(8-6-12)18-11-3-4-13(18)9-10-15(17)19/h3-11H,2H2,1H3,(H2,17,19)/b10-9-. The van der Waals surface area contributed by atoms with Crippen LogP contribution in [0.3, 0.4) is 0 Å². The number of rotatable bonds is 5. The molecule has 1 aromatic carbocycles. The molecule has 0 aliphatic heterocycles. The lowest BCUT2D eigenvalue weighted by Gasteiger charge is -2.07. The maximum Gasteiger partial charge on any atom is 0.338 e. The van der Waals surface area contributed by atoms with Gasteiger partial charge in [0.25, 0.3) is 0 Å². The van der Waals surface area contributed by atoms with Gasteiger partial charge in [0.2, 0.25) is 5.91 Å². The first-order valence-corrected chi connectivity index (χ1v) is 6.54. The lowest BCUT2D eigenvalue weighted by Crippen LogP contribution is -2.06. The summed E-state index contributed by atoms with van der Waals surface area (Å²) in [5, 5.41) is 0. The van der Waals surface area contributed by atoms with Gasteiger partial charge in [0.15, 0.2) is 0 Å². The minimum Gasteiger partial charge on any atom is -0.462 e. The third kappa shape index (κ3) is 3.60. The summed E-state index contributed by atoms with van der Waals surface area (Å²) in [6.45, 7) is 2.11. The van der Waals surface area contributed by atoms with Gasteiger partial charge in [0.05, 0.1) is 12.2 Å². The molecule has 2 N–H and O–H groups in total. The van der Waals surface area contributed by atoms with Crippen LogP contribution in [0.1, 0.15) is 23.0 Å². The Morgan fingerprint density at radius 2 is 1.95 bits per heavy atom. The first kappa shape index (κ1) is 14.6. The molecule has 0 aliphatic rings. The van der Waals surface area contributed by atoms with Crippen LogP contribution >= 0.6 is 0 Å². The maximum atomic E-state index is 11.6. The summed E-state index contributed by atoms with van der Waals surface area (Å²) < 4.78 is 6.82. The molecule has 5 heteroatoms. The van der Waals surface area contributed by atoms with Gasteiger partial charge in [0, 0.05) is 23.7 Å². The number of nitrogens with two attached hydrogens (primary N) is 1. The quantitative estimate of drug-likeness (QED) is 0.675. The highest BCUT2D eigenvalue weighted by Crippen LogP contribution is 2.15. The summed E-state index contributed by atoms with van der Waals surface area (Å²) in [4.78, 5) is 22.4. The molecule has 0 saturated carbocycles. The van der Waals surface area contributed by atoms with Crippen molar-refractivity contribution in [2.24, 2.45) is 5.73 Å². The molecule has 0 fully saturated rings. The fourth-order valence-electron chi connectivity index (χ4n) is 1.91. The number of benzene rings is 1. The number of esters is 1. The molecule has 2 aromatic rings. The van der Waals surface area contributed by atoms with Crippen molar-refractivity contribution >= 4 is 18.0 Å². The number of hydrogen-bond acceptors (Lipinski definition) is 3. The van der Waals surface area contributed by atoms with Crippen molar-refractivity contribution in [3.8, 4) is 5.69 Å². The molecule has 1 aromatic heterocycles. The zero-order valence-electron chi connectivity index (χ0n) is 11.7. The number of primary amides is 1. The molecule has 5 nitrogen and oxygen atoms in total. The summed E-state index contributed by atoms with van der Waals surface area (Å²) in [5.74, 6) is -0.842. The van der Waals surface area contributed by atoms with E-state index in [1.54, 1.807) is 25.1 Å². The highest BCUT2D eigenvalue weighted by Gasteiger charge is 2.07. The zero-order valence-corrected chi connectivity index (χ0v) is 11.7. The van der Waals surface area contributed by atoms with Crippen molar-refractivity contribution in [3.05, 3.63) is 59.9 Å². The van der Waals surface area contributed by atoms with E-state index in [2.05, 4.69) is 0 Å². The Labute approximate surface area is 122 Å². The second-order valence-electron chi connectivity index (χ2n) is 4.31. The average molecular weight is 284 g/mol. The maximum absolute atomic E-state index is 11.6. The van der Waals surface area contributed by atoms with Crippen molar-refractivity contribution in [3.63, 3.8) is 0 Å². The lowest BCUT2D eigenvalue weighted by molar-refractivity contribution is -0.113. The largest absolute Gasteiger partial charge is 0.462 e. The van der Waals surface area contributed by atoms with Crippen LogP contribution in [0.2, 0.25) is 0 Å². The summed E-state index contributed by atoms with van der Waals surface area (Å²) >= 11 is 0. The Morgan fingerprint density at radius 1 is 1.24 bits per heavy atom. The van der Waals surface area contributed by atoms with E-state index in [0.717, 1.165) is 11.4 Å². The molecule has 0 spiro atoms. The number of hydrogen-bond donors (Lipinski definition) is 1. The number of nitrogens with zero attached hydrogens (tertiary/aromatic N) is 1. The summed E-state index contributed by atoms with van der Waals surface area (Å²) in [5.41, 5.74) is 7.28. The number of amides is 1. The van der Waals surface area contributed by atoms with Crippen LogP contribution in [0.15, 0.2) is 48.7 Å². The van der Waals surface area contributed by atoms with Crippen LogP contribution < -0.4 is 5.73 Å². The van der Waals surface area contributed by atoms with Crippen molar-refractivity contribution in [1.82, 2.24) is 4.57 Å². The first-order chi connectivity index (χ1) is 10.1. The minimum atomic E-state index is -0.500. The van der Waals surface area contributed by atoms with Crippen LogP contribution in [0, 0.1) is 0 Å². The molecule has 0 aliphatic carbocycles. The molecule has 0 bridgehead atoms. The topological polar surface area (TPSA) is 74.3 Å². The van der Waals surface area contributed by atoms with Crippen LogP contribution in [0.4, 0.5) is 0 Å². The van der Waals surface area contributed by atoms with Gasteiger partial charge < -0.3 is 15.0 Å². The van der Waals surface area contributed by atoms with E-state index in [9.17, 15) is 9.59 Å². The Hall–Kier alpha value is -2.82. The van der Waals surface area contributed by atoms with Gasteiger partial charge in [-0.05, 0) is 49.4 Å². The second kappa shape index (κ2) is 6.56. The van der Waals surface area contributed by atoms with E-state index in [4.69, 9.17) is 10.5 Å². The third-order valence-corrected chi connectivity index (χ3v) is 2.86. The summed E-state index contributed by atoms with van der Waals surface area (Å²) in [7, 11) is 0. The Bertz CT molecular complexity index is 669.